The van der Waals surface area contributed by atoms with Gasteiger partial charge in [0.1, 0.15) is 0 Å². The molecule has 0 saturated carbocycles. The van der Waals surface area contributed by atoms with E-state index >= 15 is 0 Å². The molecule has 0 N–H and O–H groups in total. The number of carbonyl (C=O) groups is 1. The second-order valence-corrected chi connectivity index (χ2v) is 8.65. The zero-order valence-electron chi connectivity index (χ0n) is 17.9. The molecule has 6 nitrogen and oxygen atoms in total. The van der Waals surface area contributed by atoms with Gasteiger partial charge in [0.25, 0.3) is 0 Å². The SMILES string of the molecule is Cc1ccccc1N1CCN(C2CCCN(C(=O)CCN3CCOCC3)C2)CC1. The van der Waals surface area contributed by atoms with Crippen molar-refractivity contribution in [1.29, 1.82) is 0 Å². The second-order valence-electron chi connectivity index (χ2n) is 8.65. The zero-order chi connectivity index (χ0) is 20.1. The van der Waals surface area contributed by atoms with Gasteiger partial charge in [-0.15, -0.1) is 0 Å². The maximum atomic E-state index is 12.8. The summed E-state index contributed by atoms with van der Waals surface area (Å²) < 4.78 is 5.40. The highest BCUT2D eigenvalue weighted by molar-refractivity contribution is 5.76. The van der Waals surface area contributed by atoms with E-state index in [1.165, 1.54) is 17.7 Å². The standard InChI is InChI=1S/C23H36N4O2/c1-20-5-2-3-7-22(20)26-13-11-25(12-14-26)21-6-4-9-27(19-21)23(28)8-10-24-15-17-29-18-16-24/h2-3,5,7,21H,4,6,8-19H2,1H3. The Kier molecular flexibility index (Phi) is 7.06. The van der Waals surface area contributed by atoms with E-state index in [1.807, 2.05) is 0 Å². The first kappa shape index (κ1) is 20.6. The lowest BCUT2D eigenvalue weighted by Gasteiger charge is -2.44. The van der Waals surface area contributed by atoms with Crippen LogP contribution in [0.2, 0.25) is 0 Å². The number of hydrogen-bond donors (Lipinski definition) is 0. The Morgan fingerprint density at radius 3 is 2.55 bits per heavy atom. The highest BCUT2D eigenvalue weighted by Gasteiger charge is 2.30. The van der Waals surface area contributed by atoms with E-state index in [1.54, 1.807) is 0 Å². The van der Waals surface area contributed by atoms with Crippen molar-refractivity contribution < 1.29 is 9.53 Å². The third-order valence-electron chi connectivity index (χ3n) is 6.78. The van der Waals surface area contributed by atoms with Crippen molar-refractivity contribution in [2.45, 2.75) is 32.2 Å². The van der Waals surface area contributed by atoms with Crippen molar-refractivity contribution in [3.8, 4) is 0 Å². The summed E-state index contributed by atoms with van der Waals surface area (Å²) in [7, 11) is 0. The van der Waals surface area contributed by atoms with Gasteiger partial charge in [-0.3, -0.25) is 14.6 Å². The lowest BCUT2D eigenvalue weighted by molar-refractivity contribution is -0.134. The number of para-hydroxylation sites is 1. The average Bonchev–Trinajstić information content (AvgIpc) is 2.79. The summed E-state index contributed by atoms with van der Waals surface area (Å²) in [5.74, 6) is 0.333. The molecule has 4 rings (SSSR count). The van der Waals surface area contributed by atoms with E-state index in [0.29, 0.717) is 18.4 Å². The molecule has 0 aliphatic carbocycles. The number of piperazine rings is 1. The van der Waals surface area contributed by atoms with Crippen LogP contribution in [0.15, 0.2) is 24.3 Å². The van der Waals surface area contributed by atoms with Gasteiger partial charge in [0, 0.05) is 77.1 Å². The van der Waals surface area contributed by atoms with E-state index in [4.69, 9.17) is 4.74 Å². The van der Waals surface area contributed by atoms with Crippen LogP contribution in [-0.2, 0) is 9.53 Å². The normalized spacial score (nSPS) is 24.7. The second kappa shape index (κ2) is 9.92. The van der Waals surface area contributed by atoms with E-state index in [9.17, 15) is 4.79 Å². The molecular weight excluding hydrogens is 364 g/mol. The van der Waals surface area contributed by atoms with Crippen LogP contribution in [0, 0.1) is 6.92 Å². The van der Waals surface area contributed by atoms with Crippen molar-refractivity contribution in [3.05, 3.63) is 29.8 Å². The number of hydrogen-bond acceptors (Lipinski definition) is 5. The van der Waals surface area contributed by atoms with Gasteiger partial charge in [-0.05, 0) is 31.4 Å². The van der Waals surface area contributed by atoms with Crippen LogP contribution in [0.3, 0.4) is 0 Å². The van der Waals surface area contributed by atoms with E-state index in [2.05, 4.69) is 50.8 Å². The Hall–Kier alpha value is -1.63. The number of piperidine rings is 1. The summed E-state index contributed by atoms with van der Waals surface area (Å²) in [4.78, 5) is 22.4. The highest BCUT2D eigenvalue weighted by atomic mass is 16.5. The largest absolute Gasteiger partial charge is 0.379 e. The minimum Gasteiger partial charge on any atom is -0.379 e. The minimum atomic E-state index is 0.333. The Bertz CT molecular complexity index is 669. The first-order chi connectivity index (χ1) is 14.2. The lowest BCUT2D eigenvalue weighted by atomic mass is 10.0. The van der Waals surface area contributed by atoms with Crippen LogP contribution in [0.1, 0.15) is 24.8 Å². The van der Waals surface area contributed by atoms with Crippen LogP contribution in [-0.4, -0.2) is 98.8 Å². The van der Waals surface area contributed by atoms with Crippen LogP contribution in [0.4, 0.5) is 5.69 Å². The van der Waals surface area contributed by atoms with Crippen molar-refractivity contribution >= 4 is 11.6 Å². The maximum Gasteiger partial charge on any atom is 0.223 e. The highest BCUT2D eigenvalue weighted by Crippen LogP contribution is 2.23. The van der Waals surface area contributed by atoms with Crippen molar-refractivity contribution in [3.63, 3.8) is 0 Å². The first-order valence-electron chi connectivity index (χ1n) is 11.3. The molecule has 6 heteroatoms. The predicted octanol–water partition coefficient (Wildman–Crippen LogP) is 1.83. The van der Waals surface area contributed by atoms with Gasteiger partial charge in [-0.25, -0.2) is 0 Å². The van der Waals surface area contributed by atoms with Gasteiger partial charge >= 0.3 is 0 Å². The molecule has 1 aromatic rings. The number of aryl methyl sites for hydroxylation is 1. The Morgan fingerprint density at radius 2 is 1.79 bits per heavy atom. The summed E-state index contributed by atoms with van der Waals surface area (Å²) in [6, 6.07) is 9.21. The molecular formula is C23H36N4O2. The zero-order valence-corrected chi connectivity index (χ0v) is 17.9. The van der Waals surface area contributed by atoms with Gasteiger partial charge in [-0.2, -0.15) is 0 Å². The Morgan fingerprint density at radius 1 is 1.03 bits per heavy atom. The van der Waals surface area contributed by atoms with Crippen LogP contribution >= 0.6 is 0 Å². The number of morpholine rings is 1. The molecule has 1 unspecified atom stereocenters. The number of amides is 1. The number of ether oxygens (including phenoxy) is 1. The number of likely N-dealkylation sites (tertiary alicyclic amines) is 1. The summed E-state index contributed by atoms with van der Waals surface area (Å²) in [6.07, 6.45) is 3.00. The fraction of sp³-hybridized carbons (Fsp3) is 0.696. The van der Waals surface area contributed by atoms with Crippen LogP contribution in [0.5, 0.6) is 0 Å². The summed E-state index contributed by atoms with van der Waals surface area (Å²) >= 11 is 0. The molecule has 160 valence electrons. The molecule has 3 fully saturated rings. The molecule has 0 radical (unpaired) electrons. The van der Waals surface area contributed by atoms with Crippen molar-refractivity contribution in [2.24, 2.45) is 0 Å². The van der Waals surface area contributed by atoms with E-state index in [0.717, 1.165) is 78.5 Å². The third kappa shape index (κ3) is 5.30. The Labute approximate surface area is 175 Å². The van der Waals surface area contributed by atoms with Gasteiger partial charge in [-0.1, -0.05) is 18.2 Å². The molecule has 3 aliphatic rings. The quantitative estimate of drug-likeness (QED) is 0.754. The number of anilines is 1. The summed E-state index contributed by atoms with van der Waals surface area (Å²) in [6.45, 7) is 12.8. The third-order valence-corrected chi connectivity index (χ3v) is 6.78. The number of benzene rings is 1. The minimum absolute atomic E-state index is 0.333. The van der Waals surface area contributed by atoms with Gasteiger partial charge in [0.05, 0.1) is 13.2 Å². The average molecular weight is 401 g/mol. The number of rotatable bonds is 5. The molecule has 1 amide bonds. The fourth-order valence-corrected chi connectivity index (χ4v) is 4.96. The van der Waals surface area contributed by atoms with Crippen molar-refractivity contribution in [1.82, 2.24) is 14.7 Å². The molecule has 29 heavy (non-hydrogen) atoms. The molecule has 0 spiro atoms. The van der Waals surface area contributed by atoms with Crippen LogP contribution in [0.25, 0.3) is 0 Å². The molecule has 3 aliphatic heterocycles. The molecule has 0 bridgehead atoms. The van der Waals surface area contributed by atoms with Gasteiger partial charge in [0.2, 0.25) is 5.91 Å². The van der Waals surface area contributed by atoms with E-state index < -0.39 is 0 Å². The number of carbonyl (C=O) groups excluding carboxylic acids is 1. The lowest BCUT2D eigenvalue weighted by Crippen LogP contribution is -2.56. The first-order valence-corrected chi connectivity index (χ1v) is 11.3. The monoisotopic (exact) mass is 400 g/mol. The van der Waals surface area contributed by atoms with Gasteiger partial charge in [0.15, 0.2) is 0 Å². The predicted molar refractivity (Wildman–Crippen MR) is 116 cm³/mol. The molecule has 0 aromatic heterocycles. The fourth-order valence-electron chi connectivity index (χ4n) is 4.96. The van der Waals surface area contributed by atoms with Gasteiger partial charge < -0.3 is 14.5 Å². The molecule has 3 heterocycles. The molecule has 1 atom stereocenters. The topological polar surface area (TPSA) is 39.3 Å². The van der Waals surface area contributed by atoms with Crippen LogP contribution < -0.4 is 4.90 Å². The maximum absolute atomic E-state index is 12.8. The van der Waals surface area contributed by atoms with Crippen molar-refractivity contribution in [2.75, 3.05) is 77.0 Å². The number of nitrogens with zero attached hydrogens (tertiary/aromatic N) is 4. The Balaban J connectivity index is 1.24. The summed E-state index contributed by atoms with van der Waals surface area (Å²) in [5, 5.41) is 0. The smallest absolute Gasteiger partial charge is 0.223 e. The summed E-state index contributed by atoms with van der Waals surface area (Å²) in [5.41, 5.74) is 2.73. The molecule has 3 saturated heterocycles. The van der Waals surface area contributed by atoms with E-state index in [-0.39, 0.29) is 0 Å². The molecule has 1 aromatic carbocycles.